The molecular formula is C32H32BrN3O4S. The Morgan fingerprint density at radius 1 is 0.829 bits per heavy atom. The fraction of sp³-hybridized carbons (Fsp3) is 0.188. The normalized spacial score (nSPS) is 11.9. The fourth-order valence-corrected chi connectivity index (χ4v) is 6.46. The first-order valence-corrected chi connectivity index (χ1v) is 15.4. The molecule has 0 saturated heterocycles. The summed E-state index contributed by atoms with van der Waals surface area (Å²) in [4.78, 5) is 29.1. The molecule has 0 bridgehead atoms. The third kappa shape index (κ3) is 7.62. The first kappa shape index (κ1) is 30.0. The molecule has 0 aromatic heterocycles. The lowest BCUT2D eigenvalue weighted by Crippen LogP contribution is -2.53. The second kappa shape index (κ2) is 13.6. The van der Waals surface area contributed by atoms with Crippen molar-refractivity contribution in [1.29, 1.82) is 0 Å². The minimum absolute atomic E-state index is 0.0694. The SMILES string of the molecule is CNC(=O)[C@@H](Cc1ccccc1)N(Cc1cccc(Br)c1)C(=O)CN(c1cccc(C)c1)S(=O)(=O)c1ccccc1. The molecular weight excluding hydrogens is 602 g/mol. The van der Waals surface area contributed by atoms with Crippen LogP contribution in [0.15, 0.2) is 119 Å². The molecule has 1 N–H and O–H groups in total. The molecule has 2 amide bonds. The molecule has 0 fully saturated rings. The zero-order chi connectivity index (χ0) is 29.4. The van der Waals surface area contributed by atoms with Gasteiger partial charge in [-0.3, -0.25) is 13.9 Å². The summed E-state index contributed by atoms with van der Waals surface area (Å²) in [6, 6.07) is 31.1. The van der Waals surface area contributed by atoms with E-state index in [1.807, 2.05) is 67.6 Å². The zero-order valence-corrected chi connectivity index (χ0v) is 25.3. The molecule has 1 atom stereocenters. The number of likely N-dealkylation sites (N-methyl/N-ethyl adjacent to an activating group) is 1. The van der Waals surface area contributed by atoms with Crippen LogP contribution in [0.1, 0.15) is 16.7 Å². The minimum Gasteiger partial charge on any atom is -0.357 e. The second-order valence-corrected chi connectivity index (χ2v) is 12.4. The number of carbonyl (C=O) groups excluding carboxylic acids is 2. The zero-order valence-electron chi connectivity index (χ0n) is 22.9. The van der Waals surface area contributed by atoms with E-state index in [9.17, 15) is 18.0 Å². The number of sulfonamides is 1. The van der Waals surface area contributed by atoms with Gasteiger partial charge < -0.3 is 10.2 Å². The number of rotatable bonds is 11. The third-order valence-corrected chi connectivity index (χ3v) is 8.94. The molecule has 7 nitrogen and oxygen atoms in total. The van der Waals surface area contributed by atoms with Gasteiger partial charge in [-0.1, -0.05) is 88.7 Å². The molecule has 0 radical (unpaired) electrons. The maximum absolute atomic E-state index is 14.3. The number of hydrogen-bond donors (Lipinski definition) is 1. The Kier molecular flexibility index (Phi) is 9.96. The highest BCUT2D eigenvalue weighted by atomic mass is 79.9. The van der Waals surface area contributed by atoms with Crippen LogP contribution in [0, 0.1) is 6.92 Å². The second-order valence-electron chi connectivity index (χ2n) is 9.64. The van der Waals surface area contributed by atoms with Gasteiger partial charge in [-0.05, 0) is 60.0 Å². The number of carbonyl (C=O) groups is 2. The van der Waals surface area contributed by atoms with Crippen molar-refractivity contribution in [2.24, 2.45) is 0 Å². The van der Waals surface area contributed by atoms with Gasteiger partial charge in [0.2, 0.25) is 11.8 Å². The van der Waals surface area contributed by atoms with E-state index in [-0.39, 0.29) is 23.8 Å². The van der Waals surface area contributed by atoms with Crippen molar-refractivity contribution in [3.05, 3.63) is 130 Å². The Bertz CT molecular complexity index is 1600. The van der Waals surface area contributed by atoms with E-state index in [2.05, 4.69) is 21.2 Å². The quantitative estimate of drug-likeness (QED) is 0.242. The molecule has 212 valence electrons. The van der Waals surface area contributed by atoms with Gasteiger partial charge in [-0.2, -0.15) is 0 Å². The summed E-state index contributed by atoms with van der Waals surface area (Å²) in [7, 11) is -2.58. The molecule has 0 aliphatic carbocycles. The summed E-state index contributed by atoms with van der Waals surface area (Å²) < 4.78 is 29.8. The summed E-state index contributed by atoms with van der Waals surface area (Å²) in [5, 5.41) is 2.69. The van der Waals surface area contributed by atoms with Crippen molar-refractivity contribution in [2.45, 2.75) is 30.8 Å². The summed E-state index contributed by atoms with van der Waals surface area (Å²) in [6.45, 7) is 1.48. The van der Waals surface area contributed by atoms with Crippen LogP contribution in [-0.4, -0.2) is 44.8 Å². The van der Waals surface area contributed by atoms with E-state index in [1.54, 1.807) is 36.4 Å². The number of anilines is 1. The number of nitrogens with one attached hydrogen (secondary N) is 1. The minimum atomic E-state index is -4.11. The fourth-order valence-electron chi connectivity index (χ4n) is 4.58. The molecule has 9 heteroatoms. The van der Waals surface area contributed by atoms with Gasteiger partial charge in [0.25, 0.3) is 10.0 Å². The Labute approximate surface area is 250 Å². The van der Waals surface area contributed by atoms with E-state index in [0.717, 1.165) is 25.5 Å². The smallest absolute Gasteiger partial charge is 0.264 e. The van der Waals surface area contributed by atoms with Crippen LogP contribution < -0.4 is 9.62 Å². The standard InChI is InChI=1S/C32H32BrN3O4S/c1-24-11-9-16-28(19-24)36(41(39,40)29-17-7-4-8-18-29)23-31(37)35(22-26-14-10-15-27(33)20-26)30(32(38)34-2)21-25-12-5-3-6-13-25/h3-20,30H,21-23H2,1-2H3,(H,34,38)/t30-/m1/s1. The summed E-state index contributed by atoms with van der Waals surface area (Å²) in [5.41, 5.74) is 2.88. The predicted molar refractivity (Wildman–Crippen MR) is 165 cm³/mol. The van der Waals surface area contributed by atoms with E-state index in [0.29, 0.717) is 5.69 Å². The summed E-state index contributed by atoms with van der Waals surface area (Å²) >= 11 is 3.48. The molecule has 0 saturated carbocycles. The predicted octanol–water partition coefficient (Wildman–Crippen LogP) is 5.34. The van der Waals surface area contributed by atoms with Crippen LogP contribution in [0.5, 0.6) is 0 Å². The van der Waals surface area contributed by atoms with Crippen LogP contribution in [-0.2, 0) is 32.6 Å². The Balaban J connectivity index is 1.78. The van der Waals surface area contributed by atoms with Gasteiger partial charge in [0.05, 0.1) is 10.6 Å². The van der Waals surface area contributed by atoms with Crippen molar-refractivity contribution in [2.75, 3.05) is 17.9 Å². The van der Waals surface area contributed by atoms with Gasteiger partial charge >= 0.3 is 0 Å². The summed E-state index contributed by atoms with van der Waals surface area (Å²) in [5.74, 6) is -0.847. The van der Waals surface area contributed by atoms with Crippen LogP contribution in [0.25, 0.3) is 0 Å². The van der Waals surface area contributed by atoms with E-state index < -0.39 is 28.5 Å². The average molecular weight is 635 g/mol. The molecule has 0 heterocycles. The van der Waals surface area contributed by atoms with E-state index in [4.69, 9.17) is 0 Å². The number of aryl methyl sites for hydroxylation is 1. The first-order valence-electron chi connectivity index (χ1n) is 13.1. The highest BCUT2D eigenvalue weighted by Gasteiger charge is 2.34. The van der Waals surface area contributed by atoms with Crippen LogP contribution >= 0.6 is 15.9 Å². The topological polar surface area (TPSA) is 86.8 Å². The number of amides is 2. The average Bonchev–Trinajstić information content (AvgIpc) is 2.98. The lowest BCUT2D eigenvalue weighted by atomic mass is 10.0. The molecule has 4 aromatic carbocycles. The van der Waals surface area contributed by atoms with Crippen LogP contribution in [0.4, 0.5) is 5.69 Å². The monoisotopic (exact) mass is 633 g/mol. The van der Waals surface area contributed by atoms with Gasteiger partial charge in [0.15, 0.2) is 0 Å². The van der Waals surface area contributed by atoms with Crippen molar-refractivity contribution in [3.63, 3.8) is 0 Å². The van der Waals surface area contributed by atoms with E-state index >= 15 is 0 Å². The maximum Gasteiger partial charge on any atom is 0.264 e. The highest BCUT2D eigenvalue weighted by Crippen LogP contribution is 2.26. The van der Waals surface area contributed by atoms with Gasteiger partial charge in [-0.15, -0.1) is 0 Å². The molecule has 0 spiro atoms. The Morgan fingerprint density at radius 3 is 2.10 bits per heavy atom. The van der Waals surface area contributed by atoms with Crippen LogP contribution in [0.2, 0.25) is 0 Å². The molecule has 0 aliphatic heterocycles. The highest BCUT2D eigenvalue weighted by molar-refractivity contribution is 9.10. The molecule has 41 heavy (non-hydrogen) atoms. The Morgan fingerprint density at radius 2 is 1.46 bits per heavy atom. The van der Waals surface area contributed by atoms with Gasteiger partial charge in [0, 0.05) is 24.5 Å². The largest absolute Gasteiger partial charge is 0.357 e. The van der Waals surface area contributed by atoms with Crippen molar-refractivity contribution < 1.29 is 18.0 Å². The number of benzene rings is 4. The lowest BCUT2D eigenvalue weighted by Gasteiger charge is -2.33. The van der Waals surface area contributed by atoms with Crippen molar-refractivity contribution in [3.8, 4) is 0 Å². The van der Waals surface area contributed by atoms with Crippen molar-refractivity contribution in [1.82, 2.24) is 10.2 Å². The number of hydrogen-bond acceptors (Lipinski definition) is 4. The first-order chi connectivity index (χ1) is 19.7. The van der Waals surface area contributed by atoms with E-state index in [1.165, 1.54) is 24.1 Å². The number of nitrogens with zero attached hydrogens (tertiary/aromatic N) is 2. The summed E-state index contributed by atoms with van der Waals surface area (Å²) in [6.07, 6.45) is 0.260. The maximum atomic E-state index is 14.3. The lowest BCUT2D eigenvalue weighted by molar-refractivity contribution is -0.139. The molecule has 0 aliphatic rings. The molecule has 4 aromatic rings. The van der Waals surface area contributed by atoms with Crippen molar-refractivity contribution >= 4 is 43.5 Å². The van der Waals surface area contributed by atoms with Gasteiger partial charge in [-0.25, -0.2) is 8.42 Å². The molecule has 0 unspecified atom stereocenters. The van der Waals surface area contributed by atoms with Crippen LogP contribution in [0.3, 0.4) is 0 Å². The molecule has 4 rings (SSSR count). The van der Waals surface area contributed by atoms with Gasteiger partial charge in [0.1, 0.15) is 12.6 Å². The number of halogens is 1. The third-order valence-electron chi connectivity index (χ3n) is 6.66. The Hall–Kier alpha value is -3.95.